The normalized spacial score (nSPS) is 13.7. The second kappa shape index (κ2) is 6.94. The fraction of sp³-hybridized carbons (Fsp3) is 0.467. The van der Waals surface area contributed by atoms with Crippen molar-refractivity contribution in [1.82, 2.24) is 5.32 Å². The van der Waals surface area contributed by atoms with Crippen LogP contribution < -0.4 is 5.32 Å². The SMILES string of the molecule is CC[C@H](C)C(NC(=O)Cc1ccccc1)C(C)=O. The highest BCUT2D eigenvalue weighted by Crippen LogP contribution is 2.09. The number of rotatable bonds is 6. The lowest BCUT2D eigenvalue weighted by Crippen LogP contribution is -2.44. The van der Waals surface area contributed by atoms with E-state index >= 15 is 0 Å². The molecule has 0 saturated carbocycles. The number of hydrogen-bond acceptors (Lipinski definition) is 2. The Morgan fingerprint density at radius 1 is 1.22 bits per heavy atom. The van der Waals surface area contributed by atoms with Crippen molar-refractivity contribution in [2.75, 3.05) is 0 Å². The molecule has 0 bridgehead atoms. The first-order valence-electron chi connectivity index (χ1n) is 6.38. The monoisotopic (exact) mass is 247 g/mol. The van der Waals surface area contributed by atoms with E-state index < -0.39 is 0 Å². The first-order chi connectivity index (χ1) is 8.54. The Bertz CT molecular complexity index is 400. The van der Waals surface area contributed by atoms with Crippen molar-refractivity contribution in [2.45, 2.75) is 39.7 Å². The van der Waals surface area contributed by atoms with Gasteiger partial charge in [0, 0.05) is 0 Å². The molecule has 0 aliphatic carbocycles. The highest BCUT2D eigenvalue weighted by atomic mass is 16.2. The fourth-order valence-electron chi connectivity index (χ4n) is 1.89. The molecule has 0 spiro atoms. The highest BCUT2D eigenvalue weighted by Gasteiger charge is 2.22. The quantitative estimate of drug-likeness (QED) is 0.838. The van der Waals surface area contributed by atoms with Crippen LogP contribution in [0.4, 0.5) is 0 Å². The van der Waals surface area contributed by atoms with Crippen molar-refractivity contribution in [1.29, 1.82) is 0 Å². The van der Waals surface area contributed by atoms with Gasteiger partial charge in [0.05, 0.1) is 12.5 Å². The van der Waals surface area contributed by atoms with Crippen LogP contribution in [0.15, 0.2) is 30.3 Å². The molecule has 1 unspecified atom stereocenters. The van der Waals surface area contributed by atoms with Gasteiger partial charge in [-0.15, -0.1) is 0 Å². The van der Waals surface area contributed by atoms with Gasteiger partial charge in [-0.2, -0.15) is 0 Å². The van der Waals surface area contributed by atoms with Crippen LogP contribution in [0, 0.1) is 5.92 Å². The van der Waals surface area contributed by atoms with Crippen molar-refractivity contribution in [2.24, 2.45) is 5.92 Å². The Morgan fingerprint density at radius 3 is 2.33 bits per heavy atom. The average Bonchev–Trinajstić information content (AvgIpc) is 2.36. The molecule has 0 aliphatic heterocycles. The summed E-state index contributed by atoms with van der Waals surface area (Å²) >= 11 is 0. The molecule has 0 fully saturated rings. The zero-order chi connectivity index (χ0) is 13.5. The molecule has 0 aliphatic rings. The van der Waals surface area contributed by atoms with Gasteiger partial charge in [0.2, 0.25) is 5.91 Å². The summed E-state index contributed by atoms with van der Waals surface area (Å²) in [6.45, 7) is 5.53. The van der Waals surface area contributed by atoms with Gasteiger partial charge in [0.1, 0.15) is 0 Å². The molecule has 1 aromatic rings. The topological polar surface area (TPSA) is 46.2 Å². The molecule has 1 amide bonds. The van der Waals surface area contributed by atoms with E-state index in [0.717, 1.165) is 12.0 Å². The zero-order valence-corrected chi connectivity index (χ0v) is 11.3. The van der Waals surface area contributed by atoms with Crippen molar-refractivity contribution < 1.29 is 9.59 Å². The third-order valence-corrected chi connectivity index (χ3v) is 3.17. The molecule has 0 radical (unpaired) electrons. The summed E-state index contributed by atoms with van der Waals surface area (Å²) < 4.78 is 0. The second-order valence-electron chi connectivity index (χ2n) is 4.70. The average molecular weight is 247 g/mol. The number of carbonyl (C=O) groups excluding carboxylic acids is 2. The Hall–Kier alpha value is -1.64. The predicted molar refractivity (Wildman–Crippen MR) is 72.2 cm³/mol. The van der Waals surface area contributed by atoms with Gasteiger partial charge in [-0.25, -0.2) is 0 Å². The summed E-state index contributed by atoms with van der Waals surface area (Å²) in [4.78, 5) is 23.4. The van der Waals surface area contributed by atoms with Crippen molar-refractivity contribution in [3.05, 3.63) is 35.9 Å². The number of ketones is 1. The van der Waals surface area contributed by atoms with Crippen LogP contribution in [0.3, 0.4) is 0 Å². The molecule has 0 heterocycles. The Labute approximate surface area is 109 Å². The second-order valence-corrected chi connectivity index (χ2v) is 4.70. The van der Waals surface area contributed by atoms with Crippen molar-refractivity contribution in [3.8, 4) is 0 Å². The molecule has 18 heavy (non-hydrogen) atoms. The van der Waals surface area contributed by atoms with Crippen LogP contribution in [0.25, 0.3) is 0 Å². The standard InChI is InChI=1S/C15H21NO2/c1-4-11(2)15(12(3)17)16-14(18)10-13-8-6-5-7-9-13/h5-9,11,15H,4,10H2,1-3H3,(H,16,18)/t11-,15?/m0/s1. The van der Waals surface area contributed by atoms with Gasteiger partial charge in [0.15, 0.2) is 5.78 Å². The predicted octanol–water partition coefficient (Wildman–Crippen LogP) is 2.35. The maximum atomic E-state index is 11.9. The first kappa shape index (κ1) is 14.4. The molecule has 1 N–H and O–H groups in total. The Balaban J connectivity index is 2.60. The first-order valence-corrected chi connectivity index (χ1v) is 6.38. The molecule has 0 aromatic heterocycles. The molecule has 0 saturated heterocycles. The van der Waals surface area contributed by atoms with E-state index in [9.17, 15) is 9.59 Å². The minimum absolute atomic E-state index is 0.0192. The lowest BCUT2D eigenvalue weighted by atomic mass is 9.96. The largest absolute Gasteiger partial charge is 0.346 e. The van der Waals surface area contributed by atoms with Gasteiger partial charge in [-0.1, -0.05) is 50.6 Å². The zero-order valence-electron chi connectivity index (χ0n) is 11.3. The summed E-state index contributed by atoms with van der Waals surface area (Å²) in [5, 5.41) is 2.83. The maximum Gasteiger partial charge on any atom is 0.225 e. The minimum atomic E-state index is -0.369. The van der Waals surface area contributed by atoms with E-state index in [0.29, 0.717) is 6.42 Å². The lowest BCUT2D eigenvalue weighted by Gasteiger charge is -2.21. The summed E-state index contributed by atoms with van der Waals surface area (Å²) in [5.74, 6) is 0.0923. The van der Waals surface area contributed by atoms with E-state index in [4.69, 9.17) is 0 Å². The number of benzene rings is 1. The van der Waals surface area contributed by atoms with Crippen LogP contribution >= 0.6 is 0 Å². The Kier molecular flexibility index (Phi) is 5.56. The van der Waals surface area contributed by atoms with Crippen LogP contribution in [0.2, 0.25) is 0 Å². The van der Waals surface area contributed by atoms with Crippen LogP contribution in [0.1, 0.15) is 32.8 Å². The summed E-state index contributed by atoms with van der Waals surface area (Å²) in [7, 11) is 0. The summed E-state index contributed by atoms with van der Waals surface area (Å²) in [6.07, 6.45) is 1.19. The number of hydrogen-bond donors (Lipinski definition) is 1. The van der Waals surface area contributed by atoms with E-state index in [-0.39, 0.29) is 23.7 Å². The van der Waals surface area contributed by atoms with Gasteiger partial charge in [-0.3, -0.25) is 9.59 Å². The third-order valence-electron chi connectivity index (χ3n) is 3.17. The lowest BCUT2D eigenvalue weighted by molar-refractivity contribution is -0.127. The molecular formula is C15H21NO2. The van der Waals surface area contributed by atoms with Crippen LogP contribution in [-0.2, 0) is 16.0 Å². The summed E-state index contributed by atoms with van der Waals surface area (Å²) in [6, 6.07) is 9.17. The van der Waals surface area contributed by atoms with Crippen LogP contribution in [-0.4, -0.2) is 17.7 Å². The number of nitrogens with one attached hydrogen (secondary N) is 1. The number of Topliss-reactive ketones (excluding diaryl/α,β-unsaturated/α-hetero) is 1. The van der Waals surface area contributed by atoms with Crippen LogP contribution in [0.5, 0.6) is 0 Å². The molecule has 3 nitrogen and oxygen atoms in total. The van der Waals surface area contributed by atoms with Gasteiger partial charge in [-0.05, 0) is 18.4 Å². The fourth-order valence-corrected chi connectivity index (χ4v) is 1.89. The minimum Gasteiger partial charge on any atom is -0.346 e. The molecular weight excluding hydrogens is 226 g/mol. The van der Waals surface area contributed by atoms with E-state index in [1.165, 1.54) is 6.92 Å². The van der Waals surface area contributed by atoms with E-state index in [1.807, 2.05) is 44.2 Å². The number of carbonyl (C=O) groups is 2. The maximum absolute atomic E-state index is 11.9. The summed E-state index contributed by atoms with van der Waals surface area (Å²) in [5.41, 5.74) is 0.960. The van der Waals surface area contributed by atoms with Gasteiger partial charge >= 0.3 is 0 Å². The van der Waals surface area contributed by atoms with Gasteiger partial charge < -0.3 is 5.32 Å². The van der Waals surface area contributed by atoms with E-state index in [2.05, 4.69) is 5.32 Å². The molecule has 98 valence electrons. The molecule has 1 rings (SSSR count). The molecule has 1 aromatic carbocycles. The van der Waals surface area contributed by atoms with E-state index in [1.54, 1.807) is 0 Å². The smallest absolute Gasteiger partial charge is 0.225 e. The molecule has 3 heteroatoms. The number of amides is 1. The highest BCUT2D eigenvalue weighted by molar-refractivity contribution is 5.88. The van der Waals surface area contributed by atoms with Gasteiger partial charge in [0.25, 0.3) is 0 Å². The third kappa shape index (κ3) is 4.32. The molecule has 2 atom stereocenters. The Morgan fingerprint density at radius 2 is 1.83 bits per heavy atom. The van der Waals surface area contributed by atoms with Crippen molar-refractivity contribution >= 4 is 11.7 Å². The van der Waals surface area contributed by atoms with Crippen molar-refractivity contribution in [3.63, 3.8) is 0 Å².